The number of hydrogen-bond donors (Lipinski definition) is 1. The molecular weight excluding hydrogens is 204 g/mol. The molecule has 1 saturated heterocycles. The Morgan fingerprint density at radius 1 is 1.44 bits per heavy atom. The number of aromatic nitrogens is 1. The molecule has 1 aromatic rings. The number of ether oxygens (including phenoxy) is 1. The molecule has 0 spiro atoms. The van der Waals surface area contributed by atoms with Crippen LogP contribution in [0.5, 0.6) is 0 Å². The van der Waals surface area contributed by atoms with Gasteiger partial charge >= 0.3 is 0 Å². The van der Waals surface area contributed by atoms with Crippen molar-refractivity contribution in [2.75, 3.05) is 6.61 Å². The Kier molecular flexibility index (Phi) is 2.69. The van der Waals surface area contributed by atoms with Gasteiger partial charge in [0.15, 0.2) is 12.2 Å². The molecule has 2 heterocycles. The molecule has 1 aliphatic carbocycles. The van der Waals surface area contributed by atoms with E-state index in [1.807, 2.05) is 0 Å². The standard InChI is InChI=1S/C12H18N2O2/c1-8-4-5-15-11(8)12-10(14-7-16-12)6-13-9-2-3-9/h7-9,11,13H,2-6H2,1H3. The van der Waals surface area contributed by atoms with Crippen LogP contribution in [0.1, 0.15) is 43.7 Å². The van der Waals surface area contributed by atoms with Gasteiger partial charge in [0.2, 0.25) is 0 Å². The maximum Gasteiger partial charge on any atom is 0.181 e. The van der Waals surface area contributed by atoms with Gasteiger partial charge in [0.05, 0.1) is 5.69 Å². The molecule has 88 valence electrons. The summed E-state index contributed by atoms with van der Waals surface area (Å²) < 4.78 is 11.2. The van der Waals surface area contributed by atoms with Crippen molar-refractivity contribution in [2.45, 2.75) is 44.9 Å². The fourth-order valence-corrected chi connectivity index (χ4v) is 2.20. The molecule has 2 aliphatic rings. The van der Waals surface area contributed by atoms with Gasteiger partial charge in [0, 0.05) is 19.2 Å². The molecule has 0 aromatic carbocycles. The van der Waals surface area contributed by atoms with Crippen LogP contribution in [0, 0.1) is 5.92 Å². The third kappa shape index (κ3) is 1.99. The molecule has 3 rings (SSSR count). The van der Waals surface area contributed by atoms with Gasteiger partial charge in [0.25, 0.3) is 0 Å². The maximum absolute atomic E-state index is 5.71. The van der Waals surface area contributed by atoms with E-state index < -0.39 is 0 Å². The molecule has 1 N–H and O–H groups in total. The number of oxazole rings is 1. The highest BCUT2D eigenvalue weighted by Gasteiger charge is 2.31. The third-order valence-electron chi connectivity index (χ3n) is 3.45. The summed E-state index contributed by atoms with van der Waals surface area (Å²) in [5.41, 5.74) is 1.02. The van der Waals surface area contributed by atoms with Crippen molar-refractivity contribution in [3.8, 4) is 0 Å². The van der Waals surface area contributed by atoms with E-state index in [1.165, 1.54) is 19.2 Å². The van der Waals surface area contributed by atoms with E-state index in [2.05, 4.69) is 17.2 Å². The van der Waals surface area contributed by atoms with Gasteiger partial charge in [-0.2, -0.15) is 0 Å². The van der Waals surface area contributed by atoms with Gasteiger partial charge in [-0.25, -0.2) is 4.98 Å². The minimum atomic E-state index is 0.110. The molecule has 1 aliphatic heterocycles. The second kappa shape index (κ2) is 4.18. The lowest BCUT2D eigenvalue weighted by molar-refractivity contribution is 0.0749. The largest absolute Gasteiger partial charge is 0.445 e. The zero-order chi connectivity index (χ0) is 11.0. The van der Waals surface area contributed by atoms with Gasteiger partial charge in [-0.3, -0.25) is 0 Å². The molecule has 2 unspecified atom stereocenters. The molecule has 4 nitrogen and oxygen atoms in total. The Morgan fingerprint density at radius 3 is 3.00 bits per heavy atom. The highest BCUT2D eigenvalue weighted by Crippen LogP contribution is 2.35. The second-order valence-electron chi connectivity index (χ2n) is 4.88. The monoisotopic (exact) mass is 222 g/mol. The van der Waals surface area contributed by atoms with Gasteiger partial charge in [-0.05, 0) is 25.2 Å². The molecule has 1 aromatic heterocycles. The van der Waals surface area contributed by atoms with Crippen LogP contribution in [0.4, 0.5) is 0 Å². The summed E-state index contributed by atoms with van der Waals surface area (Å²) in [5, 5.41) is 3.46. The summed E-state index contributed by atoms with van der Waals surface area (Å²) in [4.78, 5) is 4.29. The van der Waals surface area contributed by atoms with Gasteiger partial charge in [-0.1, -0.05) is 6.92 Å². The van der Waals surface area contributed by atoms with E-state index in [9.17, 15) is 0 Å². The van der Waals surface area contributed by atoms with Crippen molar-refractivity contribution >= 4 is 0 Å². The normalized spacial score (nSPS) is 29.8. The Bertz CT molecular complexity index is 360. The first kappa shape index (κ1) is 10.3. The summed E-state index contributed by atoms with van der Waals surface area (Å²) in [7, 11) is 0. The second-order valence-corrected chi connectivity index (χ2v) is 4.88. The molecular formula is C12H18N2O2. The van der Waals surface area contributed by atoms with Crippen LogP contribution < -0.4 is 5.32 Å². The van der Waals surface area contributed by atoms with Crippen molar-refractivity contribution < 1.29 is 9.15 Å². The minimum absolute atomic E-state index is 0.110. The van der Waals surface area contributed by atoms with Crippen LogP contribution >= 0.6 is 0 Å². The first-order valence-corrected chi connectivity index (χ1v) is 6.12. The third-order valence-corrected chi connectivity index (χ3v) is 3.45. The Morgan fingerprint density at radius 2 is 2.31 bits per heavy atom. The van der Waals surface area contributed by atoms with E-state index >= 15 is 0 Å². The highest BCUT2D eigenvalue weighted by molar-refractivity contribution is 5.12. The van der Waals surface area contributed by atoms with Gasteiger partial charge in [0.1, 0.15) is 6.10 Å². The summed E-state index contributed by atoms with van der Waals surface area (Å²) >= 11 is 0. The fourth-order valence-electron chi connectivity index (χ4n) is 2.20. The van der Waals surface area contributed by atoms with Gasteiger partial charge < -0.3 is 14.5 Å². The first-order chi connectivity index (χ1) is 7.84. The molecule has 4 heteroatoms. The molecule has 0 radical (unpaired) electrons. The van der Waals surface area contributed by atoms with Crippen LogP contribution in [-0.2, 0) is 11.3 Å². The van der Waals surface area contributed by atoms with E-state index in [4.69, 9.17) is 9.15 Å². The van der Waals surface area contributed by atoms with Crippen molar-refractivity contribution in [1.82, 2.24) is 10.3 Å². The minimum Gasteiger partial charge on any atom is -0.445 e. The zero-order valence-electron chi connectivity index (χ0n) is 9.61. The van der Waals surface area contributed by atoms with Crippen LogP contribution in [0.15, 0.2) is 10.8 Å². The molecule has 16 heavy (non-hydrogen) atoms. The number of rotatable bonds is 4. The van der Waals surface area contributed by atoms with Crippen LogP contribution in [0.25, 0.3) is 0 Å². The Hall–Kier alpha value is -0.870. The van der Waals surface area contributed by atoms with Crippen molar-refractivity contribution in [1.29, 1.82) is 0 Å². The van der Waals surface area contributed by atoms with Crippen LogP contribution in [0.2, 0.25) is 0 Å². The predicted molar refractivity (Wildman–Crippen MR) is 58.8 cm³/mol. The van der Waals surface area contributed by atoms with Crippen LogP contribution in [-0.4, -0.2) is 17.6 Å². The molecule has 2 atom stereocenters. The first-order valence-electron chi connectivity index (χ1n) is 6.12. The van der Waals surface area contributed by atoms with Gasteiger partial charge in [-0.15, -0.1) is 0 Å². The lowest BCUT2D eigenvalue weighted by Crippen LogP contribution is -2.17. The van der Waals surface area contributed by atoms with E-state index in [0.717, 1.165) is 31.0 Å². The lowest BCUT2D eigenvalue weighted by Gasteiger charge is -2.13. The zero-order valence-corrected chi connectivity index (χ0v) is 9.61. The summed E-state index contributed by atoms with van der Waals surface area (Å²) in [6.07, 6.45) is 5.35. The smallest absolute Gasteiger partial charge is 0.181 e. The Balaban J connectivity index is 1.70. The summed E-state index contributed by atoms with van der Waals surface area (Å²) in [5.74, 6) is 1.46. The SMILES string of the molecule is CC1CCOC1c1ocnc1CNC1CC1. The van der Waals surface area contributed by atoms with Crippen molar-refractivity contribution in [3.05, 3.63) is 17.8 Å². The highest BCUT2D eigenvalue weighted by atomic mass is 16.5. The maximum atomic E-state index is 5.71. The molecule has 1 saturated carbocycles. The average Bonchev–Trinajstić information content (AvgIpc) is 2.83. The molecule has 0 amide bonds. The number of hydrogen-bond acceptors (Lipinski definition) is 4. The quantitative estimate of drug-likeness (QED) is 0.846. The predicted octanol–water partition coefficient (Wildman–Crippen LogP) is 2.02. The van der Waals surface area contributed by atoms with Crippen molar-refractivity contribution in [2.24, 2.45) is 5.92 Å². The fraction of sp³-hybridized carbons (Fsp3) is 0.750. The molecule has 2 fully saturated rings. The lowest BCUT2D eigenvalue weighted by atomic mass is 10.0. The van der Waals surface area contributed by atoms with E-state index in [0.29, 0.717) is 12.0 Å². The average molecular weight is 222 g/mol. The summed E-state index contributed by atoms with van der Waals surface area (Å²) in [6.45, 7) is 3.85. The number of nitrogens with zero attached hydrogens (tertiary/aromatic N) is 1. The van der Waals surface area contributed by atoms with E-state index in [1.54, 1.807) is 0 Å². The van der Waals surface area contributed by atoms with E-state index in [-0.39, 0.29) is 6.10 Å². The molecule has 0 bridgehead atoms. The summed E-state index contributed by atoms with van der Waals surface area (Å²) in [6, 6.07) is 0.700. The topological polar surface area (TPSA) is 47.3 Å². The van der Waals surface area contributed by atoms with Crippen molar-refractivity contribution in [3.63, 3.8) is 0 Å². The Labute approximate surface area is 95.4 Å². The van der Waals surface area contributed by atoms with Crippen LogP contribution in [0.3, 0.4) is 0 Å². The number of nitrogens with one attached hydrogen (secondary N) is 1.